The van der Waals surface area contributed by atoms with E-state index in [0.29, 0.717) is 89.9 Å². The number of guanidine groups is 1. The molecule has 12 nitrogen and oxygen atoms in total. The van der Waals surface area contributed by atoms with Crippen LogP contribution in [0.2, 0.25) is 0 Å². The van der Waals surface area contributed by atoms with Crippen LogP contribution >= 0.6 is 21.6 Å². The summed E-state index contributed by atoms with van der Waals surface area (Å²) in [5.74, 6) is 10.2. The van der Waals surface area contributed by atoms with Gasteiger partial charge < -0.3 is 56.7 Å². The number of H-pyrrole nitrogens is 1. The second kappa shape index (κ2) is 24.9. The highest BCUT2D eigenvalue weighted by Gasteiger charge is 2.52. The van der Waals surface area contributed by atoms with Gasteiger partial charge in [-0.25, -0.2) is 4.99 Å². The number of benzene rings is 1. The highest BCUT2D eigenvalue weighted by atomic mass is 33.1. The zero-order valence-electron chi connectivity index (χ0n) is 44.8. The molecular formula is C60H92N6O6S2. The smallest absolute Gasteiger partial charge is 0.189 e. The number of hydrogen-bond donors (Lipinski definition) is 9. The minimum Gasteiger partial charge on any atom is -0.504 e. The summed E-state index contributed by atoms with van der Waals surface area (Å²) in [5, 5.41) is 50.3. The molecule has 5 saturated carbocycles. The van der Waals surface area contributed by atoms with Crippen LogP contribution in [0.5, 0.6) is 11.5 Å². The molecule has 1 spiro atoms. The van der Waals surface area contributed by atoms with Crippen molar-refractivity contribution in [2.75, 3.05) is 31.2 Å². The molecule has 7 aliphatic rings. The molecule has 74 heavy (non-hydrogen) atoms. The Hall–Kier alpha value is -2.85. The van der Waals surface area contributed by atoms with Crippen LogP contribution < -0.4 is 26.8 Å². The Labute approximate surface area is 450 Å². The fourth-order valence-corrected chi connectivity index (χ4v) is 19.0. The standard InChI is InChI=1S/C60H92N6O6S2/c1-36-12-18-44-40-24-38(14-19-45(44)49(51(61)27-40)34-73-74-35-54(36)66-59(62)64-42-8-3-4-9-42)16-21-57-41(32-67)26-43(72-57)17-13-39-15-20-55(69)58(25-39)71-33-56(70)52-28-47-48(31-63-30-37(2)68)46-10-7-11-50(46)60(22-5-6-23-60)29-53(47)65-52/h15,20,25-26,28,36-38,40,42,44-46,48-51,54,56,63,65,67-70H,3-14,16-19,21-24,27,29-35,61H2,1-2H3,(H3,62,64,66)/t36-,37-,38-,40+,44-,45+,46-,48-,49+,50-,51+,54+,56-/m0/s1. The van der Waals surface area contributed by atoms with E-state index in [0.717, 1.165) is 78.0 Å². The van der Waals surface area contributed by atoms with Crippen LogP contribution in [0, 0.1) is 52.8 Å². The van der Waals surface area contributed by atoms with Crippen molar-refractivity contribution in [2.45, 2.75) is 198 Å². The number of fused-ring (bicyclic) bond motifs is 3. The SMILES string of the molecule is C[C@H](O)CNC[C@@H]1c2cc([C@@H](O)COc3cc(CCc4cc(CO)c(CC[C@@H]5CC[C@H]6[C@H]7CSSC[C@@H](N=C(N)NC8CCCC8)[C@@H](C)CC[C@H]6[C@H](C5)C[C@H]7N)o4)ccc3O)[nH]c2CC2(CCCC2)[C@H]2CCC[C@@H]12. The fourth-order valence-electron chi connectivity index (χ4n) is 16.2. The summed E-state index contributed by atoms with van der Waals surface area (Å²) in [6.45, 7) is 5.60. The van der Waals surface area contributed by atoms with Crippen molar-refractivity contribution in [3.63, 3.8) is 0 Å². The molecule has 6 fully saturated rings. The number of aromatic hydroxyl groups is 1. The highest BCUT2D eigenvalue weighted by molar-refractivity contribution is 8.76. The van der Waals surface area contributed by atoms with E-state index in [9.17, 15) is 20.4 Å². The first-order chi connectivity index (χ1) is 35.9. The largest absolute Gasteiger partial charge is 0.504 e. The normalized spacial score (nSPS) is 32.3. The molecule has 6 aliphatic carbocycles. The summed E-state index contributed by atoms with van der Waals surface area (Å²) in [4.78, 5) is 8.83. The van der Waals surface area contributed by atoms with Crippen LogP contribution in [0.1, 0.15) is 181 Å². The van der Waals surface area contributed by atoms with Crippen molar-refractivity contribution < 1.29 is 29.6 Å². The van der Waals surface area contributed by atoms with Gasteiger partial charge in [0.25, 0.3) is 0 Å². The van der Waals surface area contributed by atoms with E-state index < -0.39 is 12.2 Å². The summed E-state index contributed by atoms with van der Waals surface area (Å²) in [5.41, 5.74) is 19.2. The number of nitrogens with zero attached hydrogens (tertiary/aromatic N) is 1. The number of aromatic nitrogens is 1. The van der Waals surface area contributed by atoms with Crippen molar-refractivity contribution in [1.29, 1.82) is 0 Å². The third-order valence-corrected chi connectivity index (χ3v) is 22.6. The molecule has 3 aromatic rings. The van der Waals surface area contributed by atoms with Gasteiger partial charge in [0.15, 0.2) is 17.5 Å². The van der Waals surface area contributed by atoms with E-state index in [1.807, 2.05) is 46.7 Å². The van der Waals surface area contributed by atoms with E-state index in [-0.39, 0.29) is 31.0 Å². The van der Waals surface area contributed by atoms with E-state index in [4.69, 9.17) is 25.6 Å². The number of phenolic OH excluding ortho intramolecular Hbond substituents is 1. The number of aliphatic imine (C=N–C) groups is 1. The number of aromatic amines is 1. The molecule has 14 heteroatoms. The lowest BCUT2D eigenvalue weighted by molar-refractivity contribution is 0.0716. The van der Waals surface area contributed by atoms with Gasteiger partial charge in [-0.3, -0.25) is 0 Å². The van der Waals surface area contributed by atoms with Crippen molar-refractivity contribution in [2.24, 2.45) is 69.2 Å². The lowest BCUT2D eigenvalue weighted by atomic mass is 9.62. The maximum Gasteiger partial charge on any atom is 0.189 e. The third kappa shape index (κ3) is 12.7. The van der Waals surface area contributed by atoms with E-state index in [2.05, 4.69) is 28.6 Å². The second-order valence-electron chi connectivity index (χ2n) is 24.9. The van der Waals surface area contributed by atoms with Crippen LogP contribution in [0.25, 0.3) is 0 Å². The van der Waals surface area contributed by atoms with Crippen LogP contribution in [-0.2, 0) is 32.3 Å². The maximum absolute atomic E-state index is 11.7. The summed E-state index contributed by atoms with van der Waals surface area (Å²) >= 11 is 0. The molecule has 410 valence electrons. The second-order valence-corrected chi connectivity index (χ2v) is 27.4. The quantitative estimate of drug-likeness (QED) is 0.0352. The third-order valence-electron chi connectivity index (χ3n) is 20.1. The van der Waals surface area contributed by atoms with Gasteiger partial charge in [-0.05, 0) is 185 Å². The Bertz CT molecular complexity index is 2310. The molecule has 1 aliphatic heterocycles. The fraction of sp³-hybridized carbons (Fsp3) is 0.750. The van der Waals surface area contributed by atoms with Gasteiger partial charge in [-0.1, -0.05) is 73.1 Å². The zero-order valence-corrected chi connectivity index (χ0v) is 46.4. The summed E-state index contributed by atoms with van der Waals surface area (Å²) in [6.07, 6.45) is 24.2. The van der Waals surface area contributed by atoms with Crippen molar-refractivity contribution in [3.8, 4) is 11.5 Å². The Balaban J connectivity index is 0.740. The topological polar surface area (TPSA) is 208 Å². The van der Waals surface area contributed by atoms with Crippen LogP contribution in [0.15, 0.2) is 39.7 Å². The summed E-state index contributed by atoms with van der Waals surface area (Å²) < 4.78 is 12.8. The van der Waals surface area contributed by atoms with Gasteiger partial charge >= 0.3 is 0 Å². The predicted octanol–water partition coefficient (Wildman–Crippen LogP) is 10.2. The van der Waals surface area contributed by atoms with Gasteiger partial charge in [0.2, 0.25) is 0 Å². The molecular weight excluding hydrogens is 965 g/mol. The van der Waals surface area contributed by atoms with Crippen LogP contribution in [-0.4, -0.2) is 86.8 Å². The number of phenols is 1. The molecule has 4 bridgehead atoms. The predicted molar refractivity (Wildman–Crippen MR) is 300 cm³/mol. The van der Waals surface area contributed by atoms with Crippen LogP contribution in [0.4, 0.5) is 0 Å². The average molecular weight is 1060 g/mol. The van der Waals surface area contributed by atoms with Crippen LogP contribution in [0.3, 0.4) is 0 Å². The Morgan fingerprint density at radius 2 is 1.72 bits per heavy atom. The summed E-state index contributed by atoms with van der Waals surface area (Å²) in [7, 11) is 3.99. The number of aryl methyl sites for hydroxylation is 3. The number of nitrogens with one attached hydrogen (secondary N) is 3. The molecule has 1 saturated heterocycles. The number of aliphatic hydroxyl groups excluding tert-OH is 3. The van der Waals surface area contributed by atoms with Gasteiger partial charge in [0, 0.05) is 72.4 Å². The Morgan fingerprint density at radius 3 is 2.53 bits per heavy atom. The van der Waals surface area contributed by atoms with E-state index in [1.165, 1.54) is 114 Å². The van der Waals surface area contributed by atoms with Gasteiger partial charge in [0.05, 0.1) is 18.8 Å². The molecule has 0 radical (unpaired) electrons. The van der Waals surface area contributed by atoms with Gasteiger partial charge in [-0.2, -0.15) is 0 Å². The number of aliphatic hydroxyl groups is 3. The lowest BCUT2D eigenvalue weighted by Gasteiger charge is -2.46. The number of rotatable bonds is 17. The number of ether oxygens (including phenoxy) is 1. The maximum atomic E-state index is 11.7. The van der Waals surface area contributed by atoms with E-state index >= 15 is 0 Å². The minimum absolute atomic E-state index is 0.0120. The van der Waals surface area contributed by atoms with Crippen molar-refractivity contribution in [3.05, 3.63) is 69.9 Å². The molecule has 0 amide bonds. The molecule has 3 heterocycles. The molecule has 2 aromatic heterocycles. The van der Waals surface area contributed by atoms with Gasteiger partial charge in [-0.15, -0.1) is 0 Å². The zero-order chi connectivity index (χ0) is 51.3. The lowest BCUT2D eigenvalue weighted by Crippen LogP contribution is -2.47. The average Bonchev–Trinajstić information content (AvgIpc) is 4.26. The highest BCUT2D eigenvalue weighted by Crippen LogP contribution is 2.60. The molecule has 10 rings (SSSR count). The first kappa shape index (κ1) is 54.5. The van der Waals surface area contributed by atoms with Crippen molar-refractivity contribution in [1.82, 2.24) is 15.6 Å². The summed E-state index contributed by atoms with van der Waals surface area (Å²) in [6, 6.07) is 10.7. The van der Waals surface area contributed by atoms with E-state index in [1.54, 1.807) is 6.07 Å². The molecule has 0 unspecified atom stereocenters. The minimum atomic E-state index is -0.888. The first-order valence-corrected chi connectivity index (χ1v) is 32.0. The monoisotopic (exact) mass is 1060 g/mol. The number of nitrogens with two attached hydrogens (primary N) is 2. The van der Waals surface area contributed by atoms with Gasteiger partial charge in [0.1, 0.15) is 24.2 Å². The molecule has 13 atom stereocenters. The molecule has 1 aromatic carbocycles. The number of hydrogen-bond acceptors (Lipinski definition) is 11. The first-order valence-electron chi connectivity index (χ1n) is 29.5. The van der Waals surface area contributed by atoms with Crippen molar-refractivity contribution >= 4 is 27.5 Å². The Morgan fingerprint density at radius 1 is 0.905 bits per heavy atom. The Kier molecular flexibility index (Phi) is 18.3. The molecule has 11 N–H and O–H groups in total. The number of furan rings is 1.